The minimum absolute atomic E-state index is 0.00867. The summed E-state index contributed by atoms with van der Waals surface area (Å²) in [5, 5.41) is 15.2. The number of hydrogen-bond acceptors (Lipinski definition) is 6. The lowest BCUT2D eigenvalue weighted by molar-refractivity contribution is -0.205. The van der Waals surface area contributed by atoms with Gasteiger partial charge < -0.3 is 30.4 Å². The average Bonchev–Trinajstić information content (AvgIpc) is 3.19. The van der Waals surface area contributed by atoms with Crippen molar-refractivity contribution in [1.82, 2.24) is 20.2 Å². The van der Waals surface area contributed by atoms with Crippen LogP contribution in [0.2, 0.25) is 10.0 Å². The Kier molecular flexibility index (Phi) is 10.00. The minimum Gasteiger partial charge on any atom is -0.487 e. The zero-order valence-corrected chi connectivity index (χ0v) is 22.4. The summed E-state index contributed by atoms with van der Waals surface area (Å²) in [4.78, 5) is 28.3. The van der Waals surface area contributed by atoms with Gasteiger partial charge in [0.05, 0.1) is 32.3 Å². The van der Waals surface area contributed by atoms with Crippen molar-refractivity contribution in [3.8, 4) is 5.75 Å². The fraction of sp³-hybridized carbons (Fsp3) is 0.348. The molecule has 1 unspecified atom stereocenters. The summed E-state index contributed by atoms with van der Waals surface area (Å²) in [6.45, 7) is -3.40. The molecule has 0 aliphatic rings. The van der Waals surface area contributed by atoms with Gasteiger partial charge >= 0.3 is 12.4 Å². The van der Waals surface area contributed by atoms with Crippen molar-refractivity contribution in [2.45, 2.75) is 31.4 Å². The normalized spacial score (nSPS) is 12.9. The molecule has 0 spiro atoms. The van der Waals surface area contributed by atoms with E-state index in [4.69, 9.17) is 33.0 Å². The van der Waals surface area contributed by atoms with E-state index in [9.17, 15) is 44.7 Å². The molecule has 0 saturated heterocycles. The van der Waals surface area contributed by atoms with Crippen LogP contribution < -0.4 is 20.7 Å². The van der Waals surface area contributed by atoms with Crippen LogP contribution >= 0.6 is 23.2 Å². The molecule has 42 heavy (non-hydrogen) atoms. The number of halogens is 10. The predicted molar refractivity (Wildman–Crippen MR) is 134 cm³/mol. The zero-order chi connectivity index (χ0) is 31.6. The summed E-state index contributed by atoms with van der Waals surface area (Å²) in [7, 11) is 1.43. The molecule has 0 fully saturated rings. The number of nitrogens with one attached hydrogen (secondary N) is 3. The van der Waals surface area contributed by atoms with Crippen molar-refractivity contribution >= 4 is 57.7 Å². The molecular formula is C23H19Cl2F8N5O4. The Hall–Kier alpha value is -3.57. The monoisotopic (exact) mass is 651 g/mol. The van der Waals surface area contributed by atoms with Crippen LogP contribution in [0.3, 0.4) is 0 Å². The summed E-state index contributed by atoms with van der Waals surface area (Å²) < 4.78 is 107. The quantitative estimate of drug-likeness (QED) is 0.227. The summed E-state index contributed by atoms with van der Waals surface area (Å²) in [5.41, 5.74) is -0.273. The van der Waals surface area contributed by atoms with Gasteiger partial charge in [-0.3, -0.25) is 9.59 Å². The number of aliphatic hydroxyl groups is 1. The topological polar surface area (TPSA) is 118 Å². The minimum atomic E-state index is -5.19. The number of amides is 2. The van der Waals surface area contributed by atoms with Gasteiger partial charge in [0.1, 0.15) is 18.9 Å². The molecule has 4 N–H and O–H groups in total. The number of nitrogens with zero attached hydrogens (tertiary/aromatic N) is 2. The Morgan fingerprint density at radius 2 is 1.76 bits per heavy atom. The molecule has 0 bridgehead atoms. The van der Waals surface area contributed by atoms with E-state index in [0.717, 1.165) is 12.1 Å². The molecule has 0 aliphatic heterocycles. The molecule has 1 atom stereocenters. The SMILES string of the molecule is Cn1c(Nc2c(Cl)ccc(CNC(=O)C(O)C(F)(F)F)c2Cl)nc2cc(C(=O)NCC(F)(F)F)c(OCC(F)F)cc21. The molecule has 0 aliphatic carbocycles. The van der Waals surface area contributed by atoms with Crippen molar-refractivity contribution in [1.29, 1.82) is 0 Å². The number of imidazole rings is 1. The maximum absolute atomic E-state index is 12.8. The number of aromatic nitrogens is 2. The number of ether oxygens (including phenoxy) is 1. The number of hydrogen-bond donors (Lipinski definition) is 4. The maximum Gasteiger partial charge on any atom is 0.423 e. The molecule has 3 aromatic rings. The number of fused-ring (bicyclic) bond motifs is 1. The average molecular weight is 652 g/mol. The highest BCUT2D eigenvalue weighted by Gasteiger charge is 2.43. The fourth-order valence-corrected chi connectivity index (χ4v) is 3.97. The number of alkyl halides is 8. The standard InChI is InChI=1S/C23H19Cl2F8N5O4/c1-38-13-5-14(42-7-15(26)27)10(19(40)35-8-22(28,29)30)4-12(13)36-21(38)37-17-11(24)3-2-9(16(17)25)6-34-20(41)18(39)23(31,32)33/h2-5,15,18,39H,6-8H2,1H3,(H,34,41)(H,35,40)(H,36,37). The van der Waals surface area contributed by atoms with E-state index in [2.05, 4.69) is 10.3 Å². The van der Waals surface area contributed by atoms with Crippen molar-refractivity contribution in [3.05, 3.63) is 45.4 Å². The summed E-state index contributed by atoms with van der Waals surface area (Å²) in [6, 6.07) is 4.72. The highest BCUT2D eigenvalue weighted by molar-refractivity contribution is 6.39. The molecule has 1 heterocycles. The zero-order valence-electron chi connectivity index (χ0n) is 20.9. The second-order valence-electron chi connectivity index (χ2n) is 8.51. The van der Waals surface area contributed by atoms with E-state index in [-0.39, 0.29) is 38.3 Å². The summed E-state index contributed by atoms with van der Waals surface area (Å²) in [5.74, 6) is -3.48. The third kappa shape index (κ3) is 8.04. The Labute approximate surface area is 240 Å². The molecule has 0 radical (unpaired) electrons. The molecule has 0 saturated carbocycles. The van der Waals surface area contributed by atoms with Gasteiger partial charge in [-0.1, -0.05) is 29.3 Å². The molecule has 230 valence electrons. The first-order valence-corrected chi connectivity index (χ1v) is 12.2. The third-order valence-corrected chi connectivity index (χ3v) is 6.21. The fourth-order valence-electron chi connectivity index (χ4n) is 3.44. The van der Waals surface area contributed by atoms with Gasteiger partial charge in [0.2, 0.25) is 12.1 Å². The largest absolute Gasteiger partial charge is 0.487 e. The predicted octanol–water partition coefficient (Wildman–Crippen LogP) is 5.10. The van der Waals surface area contributed by atoms with Crippen LogP contribution in [0.5, 0.6) is 5.75 Å². The summed E-state index contributed by atoms with van der Waals surface area (Å²) in [6.07, 6.45) is -16.2. The lowest BCUT2D eigenvalue weighted by atomic mass is 10.1. The number of aliphatic hydroxyl groups excluding tert-OH is 1. The maximum atomic E-state index is 12.8. The smallest absolute Gasteiger partial charge is 0.423 e. The first-order chi connectivity index (χ1) is 19.4. The lowest BCUT2D eigenvalue weighted by Crippen LogP contribution is -2.43. The number of anilines is 2. The Morgan fingerprint density at radius 3 is 2.36 bits per heavy atom. The van der Waals surface area contributed by atoms with E-state index >= 15 is 0 Å². The number of benzene rings is 2. The van der Waals surface area contributed by atoms with Crippen LogP contribution in [-0.2, 0) is 18.4 Å². The van der Waals surface area contributed by atoms with Gasteiger partial charge in [0.25, 0.3) is 18.2 Å². The van der Waals surface area contributed by atoms with Gasteiger partial charge in [-0.05, 0) is 17.7 Å². The van der Waals surface area contributed by atoms with E-state index in [0.29, 0.717) is 0 Å². The van der Waals surface area contributed by atoms with Gasteiger partial charge in [-0.25, -0.2) is 13.8 Å². The molecule has 1 aromatic heterocycles. The Morgan fingerprint density at radius 1 is 1.10 bits per heavy atom. The number of rotatable bonds is 10. The number of carbonyl (C=O) groups is 2. The van der Waals surface area contributed by atoms with Crippen LogP contribution in [0.25, 0.3) is 11.0 Å². The van der Waals surface area contributed by atoms with Crippen molar-refractivity contribution in [2.24, 2.45) is 7.05 Å². The second-order valence-corrected chi connectivity index (χ2v) is 9.30. The van der Waals surface area contributed by atoms with Crippen molar-refractivity contribution < 1.29 is 54.6 Å². The van der Waals surface area contributed by atoms with Crippen molar-refractivity contribution in [3.63, 3.8) is 0 Å². The molecule has 9 nitrogen and oxygen atoms in total. The van der Waals surface area contributed by atoms with Crippen LogP contribution in [0, 0.1) is 0 Å². The second kappa shape index (κ2) is 12.7. The van der Waals surface area contributed by atoms with Crippen LogP contribution in [0.4, 0.5) is 46.8 Å². The third-order valence-electron chi connectivity index (χ3n) is 5.46. The lowest BCUT2D eigenvalue weighted by Gasteiger charge is -2.16. The Balaban J connectivity index is 1.95. The molecule has 2 aromatic carbocycles. The van der Waals surface area contributed by atoms with Gasteiger partial charge in [0, 0.05) is 19.7 Å². The first kappa shape index (κ1) is 32.9. The van der Waals surface area contributed by atoms with E-state index in [1.165, 1.54) is 23.7 Å². The van der Waals surface area contributed by atoms with E-state index < -0.39 is 67.7 Å². The van der Waals surface area contributed by atoms with Gasteiger partial charge in [-0.2, -0.15) is 26.3 Å². The molecular weight excluding hydrogens is 633 g/mol. The van der Waals surface area contributed by atoms with E-state index in [1.54, 1.807) is 5.32 Å². The van der Waals surface area contributed by atoms with Crippen LogP contribution in [-0.4, -0.2) is 64.5 Å². The molecule has 2 amide bonds. The number of carbonyl (C=O) groups excluding carboxylic acids is 2. The summed E-state index contributed by atoms with van der Waals surface area (Å²) >= 11 is 12.6. The van der Waals surface area contributed by atoms with Crippen molar-refractivity contribution in [2.75, 3.05) is 18.5 Å². The molecule has 3 rings (SSSR count). The Bertz CT molecular complexity index is 1480. The highest BCUT2D eigenvalue weighted by Crippen LogP contribution is 2.37. The van der Waals surface area contributed by atoms with E-state index in [1.807, 2.05) is 5.32 Å². The first-order valence-electron chi connectivity index (χ1n) is 11.4. The van der Waals surface area contributed by atoms with Crippen LogP contribution in [0.15, 0.2) is 24.3 Å². The van der Waals surface area contributed by atoms with Gasteiger partial charge in [-0.15, -0.1) is 0 Å². The molecule has 19 heteroatoms. The van der Waals surface area contributed by atoms with Gasteiger partial charge in [0.15, 0.2) is 0 Å². The number of aryl methyl sites for hydroxylation is 1. The highest BCUT2D eigenvalue weighted by atomic mass is 35.5. The van der Waals surface area contributed by atoms with Crippen LogP contribution in [0.1, 0.15) is 15.9 Å².